The van der Waals surface area contributed by atoms with Crippen molar-refractivity contribution in [1.29, 1.82) is 0 Å². The van der Waals surface area contributed by atoms with Crippen molar-refractivity contribution in [2.45, 2.75) is 11.6 Å². The maximum absolute atomic E-state index is 14.2. The van der Waals surface area contributed by atoms with E-state index in [1.165, 1.54) is 26.2 Å². The summed E-state index contributed by atoms with van der Waals surface area (Å²) in [4.78, 5) is 17.5. The highest BCUT2D eigenvalue weighted by Crippen LogP contribution is 2.57. The van der Waals surface area contributed by atoms with E-state index < -0.39 is 23.4 Å². The molecule has 1 aliphatic carbocycles. The number of halogens is 3. The van der Waals surface area contributed by atoms with Gasteiger partial charge in [0.05, 0.1) is 12.0 Å². The Morgan fingerprint density at radius 2 is 1.41 bits per heavy atom. The molecule has 9 heteroatoms. The number of carbonyl (C=O) groups excluding carboxylic acids is 1. The third-order valence-electron chi connectivity index (χ3n) is 7.00. The Morgan fingerprint density at radius 1 is 0.854 bits per heavy atom. The predicted molar refractivity (Wildman–Crippen MR) is 149 cm³/mol. The van der Waals surface area contributed by atoms with Gasteiger partial charge in [0.15, 0.2) is 5.71 Å². The normalized spacial score (nSPS) is 13.8. The van der Waals surface area contributed by atoms with Gasteiger partial charge in [-0.15, -0.1) is 0 Å². The van der Waals surface area contributed by atoms with Crippen molar-refractivity contribution in [3.05, 3.63) is 125 Å². The van der Waals surface area contributed by atoms with Crippen molar-refractivity contribution >= 4 is 11.8 Å². The Labute approximate surface area is 235 Å². The Balaban J connectivity index is 1.80. The zero-order valence-corrected chi connectivity index (χ0v) is 22.4. The first kappa shape index (κ1) is 27.9. The number of aliphatic hydroxyl groups is 1. The lowest BCUT2D eigenvalue weighted by Crippen LogP contribution is -2.29. The van der Waals surface area contributed by atoms with Gasteiger partial charge in [-0.2, -0.15) is 13.2 Å². The Morgan fingerprint density at radius 3 is 1.95 bits per heavy atom. The third kappa shape index (κ3) is 5.04. The summed E-state index contributed by atoms with van der Waals surface area (Å²) < 4.78 is 48.3. The van der Waals surface area contributed by atoms with E-state index >= 15 is 0 Å². The second kappa shape index (κ2) is 11.1. The van der Waals surface area contributed by atoms with E-state index in [0.717, 1.165) is 27.2 Å². The van der Waals surface area contributed by atoms with Crippen LogP contribution in [0.2, 0.25) is 0 Å². The summed E-state index contributed by atoms with van der Waals surface area (Å²) in [5.41, 5.74) is 2.32. The molecule has 210 valence electrons. The van der Waals surface area contributed by atoms with Crippen LogP contribution in [0.4, 0.5) is 18.0 Å². The van der Waals surface area contributed by atoms with Crippen LogP contribution in [-0.2, 0) is 10.3 Å². The van der Waals surface area contributed by atoms with Crippen LogP contribution in [0.5, 0.6) is 5.75 Å². The topological polar surface area (TPSA) is 71.4 Å². The molecule has 0 atom stereocenters. The number of alkyl halides is 3. The average Bonchev–Trinajstić information content (AvgIpc) is 3.26. The van der Waals surface area contributed by atoms with Crippen LogP contribution in [0.25, 0.3) is 11.1 Å². The van der Waals surface area contributed by atoms with Gasteiger partial charge in [0.1, 0.15) is 12.4 Å². The van der Waals surface area contributed by atoms with E-state index in [0.29, 0.717) is 16.9 Å². The maximum atomic E-state index is 14.2. The largest absolute Gasteiger partial charge is 0.491 e. The van der Waals surface area contributed by atoms with E-state index in [-0.39, 0.29) is 18.8 Å². The van der Waals surface area contributed by atoms with Gasteiger partial charge in [-0.05, 0) is 51.6 Å². The summed E-state index contributed by atoms with van der Waals surface area (Å²) in [6.45, 7) is -0.122. The van der Waals surface area contributed by atoms with E-state index in [9.17, 15) is 23.1 Å². The molecule has 0 saturated heterocycles. The predicted octanol–water partition coefficient (Wildman–Crippen LogP) is 6.39. The molecule has 4 aromatic rings. The number of aliphatic hydroxyl groups excluding tert-OH is 1. The molecule has 5 rings (SSSR count). The molecule has 0 aliphatic heterocycles. The zero-order valence-electron chi connectivity index (χ0n) is 22.4. The molecule has 41 heavy (non-hydrogen) atoms. The van der Waals surface area contributed by atoms with Gasteiger partial charge >= 0.3 is 12.3 Å². The van der Waals surface area contributed by atoms with Gasteiger partial charge in [-0.1, -0.05) is 84.0 Å². The summed E-state index contributed by atoms with van der Waals surface area (Å²) in [6.07, 6.45) is -5.93. The first-order chi connectivity index (χ1) is 19.7. The molecule has 0 radical (unpaired) electrons. The van der Waals surface area contributed by atoms with Crippen LogP contribution >= 0.6 is 0 Å². The highest BCUT2D eigenvalue weighted by Gasteiger charge is 2.47. The molecule has 0 fully saturated rings. The number of oxime groups is 1. The number of fused-ring (bicyclic) bond motifs is 3. The summed E-state index contributed by atoms with van der Waals surface area (Å²) in [7, 11) is 2.70. The molecule has 1 N–H and O–H groups in total. The first-order valence-corrected chi connectivity index (χ1v) is 12.9. The Bertz CT molecular complexity index is 1550. The highest BCUT2D eigenvalue weighted by atomic mass is 19.4. The van der Waals surface area contributed by atoms with Crippen molar-refractivity contribution in [3.8, 4) is 16.9 Å². The average molecular weight is 561 g/mol. The molecule has 0 heterocycles. The van der Waals surface area contributed by atoms with Gasteiger partial charge < -0.3 is 14.7 Å². The van der Waals surface area contributed by atoms with Gasteiger partial charge in [0, 0.05) is 19.7 Å². The smallest absolute Gasteiger partial charge is 0.437 e. The van der Waals surface area contributed by atoms with Gasteiger partial charge in [-0.3, -0.25) is 4.84 Å². The molecular formula is C32H27F3N2O4. The molecule has 0 bridgehead atoms. The number of amides is 1. The number of benzene rings is 4. The van der Waals surface area contributed by atoms with Crippen molar-refractivity contribution in [3.63, 3.8) is 0 Å². The number of rotatable bonds is 7. The standard InChI is InChI=1S/C32H27F3N2O4/c1-37(2)30(39)41-36-29(32(33,34)35)21-13-15-27-25(19-21)26-20-24(40-18-17-38)14-16-28(26)31(27,22-9-5-3-6-10-22)23-11-7-4-8-12-23/h3-16,19-20,38H,17-18H2,1-2H3/b36-29-. The van der Waals surface area contributed by atoms with E-state index in [4.69, 9.17) is 4.74 Å². The Kier molecular flexibility index (Phi) is 7.55. The molecule has 4 aromatic carbocycles. The summed E-state index contributed by atoms with van der Waals surface area (Å²) in [6, 6.07) is 29.5. The van der Waals surface area contributed by atoms with Crippen molar-refractivity contribution < 1.29 is 32.6 Å². The zero-order chi connectivity index (χ0) is 29.2. The summed E-state index contributed by atoms with van der Waals surface area (Å²) >= 11 is 0. The SMILES string of the molecule is CN(C)C(=O)O/N=C(/c1ccc2c(c1)-c1cc(OCCO)ccc1C2(c1ccccc1)c1ccccc1)C(F)(F)F. The maximum Gasteiger partial charge on any atom is 0.437 e. The second-order valence-electron chi connectivity index (χ2n) is 9.71. The molecular weight excluding hydrogens is 533 g/mol. The number of carbonyl (C=O) groups is 1. The number of nitrogens with zero attached hydrogens (tertiary/aromatic N) is 2. The van der Waals surface area contributed by atoms with Crippen LogP contribution in [0, 0.1) is 0 Å². The highest BCUT2D eigenvalue weighted by molar-refractivity contribution is 6.06. The van der Waals surface area contributed by atoms with E-state index in [1.54, 1.807) is 18.2 Å². The number of ether oxygens (including phenoxy) is 1. The quantitative estimate of drug-likeness (QED) is 0.142. The molecule has 0 saturated carbocycles. The molecule has 0 unspecified atom stereocenters. The van der Waals surface area contributed by atoms with E-state index in [2.05, 4.69) is 9.99 Å². The Hall–Kier alpha value is -4.63. The lowest BCUT2D eigenvalue weighted by atomic mass is 9.67. The number of hydrogen-bond donors (Lipinski definition) is 1. The van der Waals surface area contributed by atoms with Crippen LogP contribution in [-0.4, -0.2) is 55.3 Å². The third-order valence-corrected chi connectivity index (χ3v) is 7.00. The fourth-order valence-corrected chi connectivity index (χ4v) is 5.31. The molecule has 1 amide bonds. The van der Waals surface area contributed by atoms with Gasteiger partial charge in [0.2, 0.25) is 0 Å². The minimum atomic E-state index is -4.90. The lowest BCUT2D eigenvalue weighted by molar-refractivity contribution is -0.0604. The van der Waals surface area contributed by atoms with E-state index in [1.807, 2.05) is 66.7 Å². The van der Waals surface area contributed by atoms with Gasteiger partial charge in [-0.25, -0.2) is 4.79 Å². The van der Waals surface area contributed by atoms with Crippen molar-refractivity contribution in [2.75, 3.05) is 27.3 Å². The molecule has 0 aromatic heterocycles. The number of hydrogen-bond acceptors (Lipinski definition) is 5. The van der Waals surface area contributed by atoms with Crippen molar-refractivity contribution in [1.82, 2.24) is 4.90 Å². The monoisotopic (exact) mass is 560 g/mol. The molecule has 6 nitrogen and oxygen atoms in total. The van der Waals surface area contributed by atoms with Crippen LogP contribution in [0.3, 0.4) is 0 Å². The van der Waals surface area contributed by atoms with Crippen molar-refractivity contribution in [2.24, 2.45) is 5.16 Å². The second-order valence-corrected chi connectivity index (χ2v) is 9.71. The van der Waals surface area contributed by atoms with Gasteiger partial charge in [0.25, 0.3) is 0 Å². The summed E-state index contributed by atoms with van der Waals surface area (Å²) in [5, 5.41) is 12.5. The fraction of sp³-hybridized carbons (Fsp3) is 0.188. The van der Waals surface area contributed by atoms with Crippen LogP contribution in [0.15, 0.2) is 102 Å². The molecule has 0 spiro atoms. The van der Waals surface area contributed by atoms with Crippen LogP contribution < -0.4 is 4.74 Å². The summed E-state index contributed by atoms with van der Waals surface area (Å²) in [5.74, 6) is 0.468. The van der Waals surface area contributed by atoms with Crippen LogP contribution in [0.1, 0.15) is 27.8 Å². The minimum Gasteiger partial charge on any atom is -0.491 e. The lowest BCUT2D eigenvalue weighted by Gasteiger charge is -2.34. The molecule has 1 aliphatic rings. The first-order valence-electron chi connectivity index (χ1n) is 12.9. The minimum absolute atomic E-state index is 0.0658. The fourth-order valence-electron chi connectivity index (χ4n) is 5.31.